The molecule has 11 heteroatoms. The lowest BCUT2D eigenvalue weighted by Crippen LogP contribution is -2.13. The molecule has 0 aliphatic heterocycles. The number of rotatable bonds is 2. The first-order valence-corrected chi connectivity index (χ1v) is 7.41. The highest BCUT2D eigenvalue weighted by Gasteiger charge is 2.37. The first kappa shape index (κ1) is 19.2. The maximum atomic E-state index is 13.8. The van der Waals surface area contributed by atoms with Crippen molar-refractivity contribution in [1.29, 1.82) is 0 Å². The fourth-order valence-electron chi connectivity index (χ4n) is 1.91. The third-order valence-electron chi connectivity index (χ3n) is 2.98. The fourth-order valence-corrected chi connectivity index (χ4v) is 3.08. The van der Waals surface area contributed by atoms with Gasteiger partial charge in [-0.1, -0.05) is 0 Å². The number of anilines is 1. The molecule has 0 amide bonds. The van der Waals surface area contributed by atoms with Gasteiger partial charge in [-0.25, -0.2) is 13.0 Å². The van der Waals surface area contributed by atoms with Crippen molar-refractivity contribution in [1.82, 2.24) is 0 Å². The third-order valence-corrected chi connectivity index (χ3v) is 4.41. The Kier molecular flexibility index (Phi) is 4.81. The molecule has 2 aromatic carbocycles. The van der Waals surface area contributed by atoms with Crippen LogP contribution in [0.25, 0.3) is 0 Å². The molecule has 0 bridgehead atoms. The molecule has 2 rings (SSSR count). The van der Waals surface area contributed by atoms with E-state index in [9.17, 15) is 39.3 Å². The summed E-state index contributed by atoms with van der Waals surface area (Å²) >= 11 is 0. The molecule has 0 aliphatic carbocycles. The van der Waals surface area contributed by atoms with Gasteiger partial charge in [-0.3, -0.25) is 0 Å². The van der Waals surface area contributed by atoms with Crippen molar-refractivity contribution in [3.63, 3.8) is 0 Å². The topological polar surface area (TPSA) is 43.1 Å². The molecule has 1 atom stereocenters. The third kappa shape index (κ3) is 4.09. The van der Waals surface area contributed by atoms with E-state index >= 15 is 0 Å². The molecular weight excluding hydrogens is 382 g/mol. The SMILES string of the molecule is Nc1cc(F)c(S(=O)c2cc(C(F)(F)F)cc(C(F)(F)F)c2)c(F)c1. The van der Waals surface area contributed by atoms with Crippen LogP contribution < -0.4 is 5.73 Å². The molecule has 0 saturated carbocycles. The Morgan fingerprint density at radius 3 is 1.52 bits per heavy atom. The Hall–Kier alpha value is -2.17. The first-order valence-electron chi connectivity index (χ1n) is 6.26. The molecule has 2 N–H and O–H groups in total. The first-order chi connectivity index (χ1) is 11.3. The highest BCUT2D eigenvalue weighted by molar-refractivity contribution is 7.85. The van der Waals surface area contributed by atoms with Crippen molar-refractivity contribution in [2.45, 2.75) is 22.1 Å². The van der Waals surface area contributed by atoms with E-state index in [4.69, 9.17) is 5.73 Å². The van der Waals surface area contributed by atoms with Gasteiger partial charge < -0.3 is 5.73 Å². The van der Waals surface area contributed by atoms with E-state index in [1.54, 1.807) is 0 Å². The smallest absolute Gasteiger partial charge is 0.399 e. The number of nitrogen functional groups attached to an aromatic ring is 1. The Morgan fingerprint density at radius 2 is 1.16 bits per heavy atom. The summed E-state index contributed by atoms with van der Waals surface area (Å²) < 4.78 is 116. The van der Waals surface area contributed by atoms with Crippen LogP contribution in [0, 0.1) is 11.6 Å². The largest absolute Gasteiger partial charge is 0.416 e. The highest BCUT2D eigenvalue weighted by atomic mass is 32.2. The molecule has 0 spiro atoms. The minimum atomic E-state index is -5.18. The number of hydrogen-bond acceptors (Lipinski definition) is 2. The summed E-state index contributed by atoms with van der Waals surface area (Å²) in [6.45, 7) is 0. The molecule has 0 fully saturated rings. The van der Waals surface area contributed by atoms with Crippen LogP contribution in [0.3, 0.4) is 0 Å². The molecular formula is C14H7F8NOS. The predicted molar refractivity (Wildman–Crippen MR) is 71.9 cm³/mol. The highest BCUT2D eigenvalue weighted by Crippen LogP contribution is 2.38. The fraction of sp³-hybridized carbons (Fsp3) is 0.143. The molecule has 0 heterocycles. The van der Waals surface area contributed by atoms with Crippen LogP contribution in [0.1, 0.15) is 11.1 Å². The lowest BCUT2D eigenvalue weighted by molar-refractivity contribution is -0.143. The lowest BCUT2D eigenvalue weighted by atomic mass is 10.1. The number of hydrogen-bond donors (Lipinski definition) is 1. The average molecular weight is 389 g/mol. The van der Waals surface area contributed by atoms with Gasteiger partial charge in [-0.05, 0) is 30.3 Å². The molecule has 136 valence electrons. The summed E-state index contributed by atoms with van der Waals surface area (Å²) in [7, 11) is -2.97. The molecule has 0 saturated heterocycles. The van der Waals surface area contributed by atoms with E-state index in [1.165, 1.54) is 0 Å². The molecule has 1 unspecified atom stereocenters. The van der Waals surface area contributed by atoms with Gasteiger partial charge in [0.15, 0.2) is 0 Å². The van der Waals surface area contributed by atoms with Gasteiger partial charge in [0.25, 0.3) is 0 Å². The average Bonchev–Trinajstić information content (AvgIpc) is 2.43. The molecule has 0 aromatic heterocycles. The van der Waals surface area contributed by atoms with Crippen molar-refractivity contribution in [2.75, 3.05) is 5.73 Å². The van der Waals surface area contributed by atoms with Gasteiger partial charge in [-0.2, -0.15) is 26.3 Å². The van der Waals surface area contributed by atoms with Gasteiger partial charge in [0.2, 0.25) is 0 Å². The van der Waals surface area contributed by atoms with Crippen LogP contribution in [-0.2, 0) is 23.2 Å². The maximum absolute atomic E-state index is 13.8. The zero-order chi connectivity index (χ0) is 19.2. The Balaban J connectivity index is 2.68. The molecule has 2 aromatic rings. The molecule has 0 aliphatic rings. The Morgan fingerprint density at radius 1 is 0.760 bits per heavy atom. The second-order valence-corrected chi connectivity index (χ2v) is 6.24. The maximum Gasteiger partial charge on any atom is 0.416 e. The zero-order valence-electron chi connectivity index (χ0n) is 11.8. The van der Waals surface area contributed by atoms with E-state index in [0.717, 1.165) is 0 Å². The predicted octanol–water partition coefficient (Wildman–Crippen LogP) is 4.75. The zero-order valence-corrected chi connectivity index (χ0v) is 12.6. The second-order valence-electron chi connectivity index (χ2n) is 4.82. The van der Waals surface area contributed by atoms with Gasteiger partial charge in [0.05, 0.1) is 21.9 Å². The number of benzene rings is 2. The van der Waals surface area contributed by atoms with E-state index in [2.05, 4.69) is 0 Å². The minimum absolute atomic E-state index is 0.139. The van der Waals surface area contributed by atoms with Crippen molar-refractivity contribution < 1.29 is 39.3 Å². The van der Waals surface area contributed by atoms with Crippen LogP contribution in [0.4, 0.5) is 40.8 Å². The van der Waals surface area contributed by atoms with Crippen LogP contribution in [-0.4, -0.2) is 4.21 Å². The van der Waals surface area contributed by atoms with E-state index in [-0.39, 0.29) is 18.2 Å². The number of halogens is 8. The van der Waals surface area contributed by atoms with Crippen molar-refractivity contribution in [3.8, 4) is 0 Å². The van der Waals surface area contributed by atoms with Gasteiger partial charge >= 0.3 is 12.4 Å². The van der Waals surface area contributed by atoms with Crippen molar-refractivity contribution in [3.05, 3.63) is 53.1 Å². The van der Waals surface area contributed by atoms with E-state index in [0.29, 0.717) is 12.1 Å². The van der Waals surface area contributed by atoms with Gasteiger partial charge in [0, 0.05) is 10.6 Å². The van der Waals surface area contributed by atoms with E-state index in [1.807, 2.05) is 0 Å². The summed E-state index contributed by atoms with van der Waals surface area (Å²) in [6, 6.07) is 1.20. The number of alkyl halides is 6. The van der Waals surface area contributed by atoms with Crippen molar-refractivity contribution >= 4 is 16.5 Å². The summed E-state index contributed by atoms with van der Waals surface area (Å²) in [4.78, 5) is -2.24. The molecule has 0 radical (unpaired) electrons. The summed E-state index contributed by atoms with van der Waals surface area (Å²) in [5.41, 5.74) is 1.26. The summed E-state index contributed by atoms with van der Waals surface area (Å²) in [5, 5.41) is 0. The number of nitrogens with two attached hydrogens (primary N) is 1. The van der Waals surface area contributed by atoms with Gasteiger partial charge in [-0.15, -0.1) is 0 Å². The lowest BCUT2D eigenvalue weighted by Gasteiger charge is -2.14. The molecule has 25 heavy (non-hydrogen) atoms. The Labute approximate surface area is 137 Å². The van der Waals surface area contributed by atoms with Crippen LogP contribution in [0.15, 0.2) is 40.1 Å². The monoisotopic (exact) mass is 389 g/mol. The quantitative estimate of drug-likeness (QED) is 0.595. The van der Waals surface area contributed by atoms with E-state index < -0.39 is 61.4 Å². The second kappa shape index (κ2) is 6.28. The summed E-state index contributed by atoms with van der Waals surface area (Å²) in [6.07, 6.45) is -10.4. The molecule has 2 nitrogen and oxygen atoms in total. The normalized spacial score (nSPS) is 13.8. The van der Waals surface area contributed by atoms with Crippen LogP contribution >= 0.6 is 0 Å². The Bertz CT molecular complexity index is 788. The van der Waals surface area contributed by atoms with Gasteiger partial charge in [0.1, 0.15) is 16.5 Å². The minimum Gasteiger partial charge on any atom is -0.399 e. The standard InChI is InChI=1S/C14H7F8NOS/c15-10-4-8(23)5-11(16)12(10)25(24)9-2-6(13(17,18)19)1-7(3-9)14(20,21)22/h1-5H,23H2. The van der Waals surface area contributed by atoms with Crippen molar-refractivity contribution in [2.24, 2.45) is 0 Å². The summed E-state index contributed by atoms with van der Waals surface area (Å²) in [5.74, 6) is -2.91. The van der Waals surface area contributed by atoms with Crippen LogP contribution in [0.2, 0.25) is 0 Å². The van der Waals surface area contributed by atoms with Crippen LogP contribution in [0.5, 0.6) is 0 Å².